The van der Waals surface area contributed by atoms with Crippen LogP contribution in [0.5, 0.6) is 0 Å². The Kier molecular flexibility index (Phi) is 4.87. The molecule has 0 aliphatic heterocycles. The van der Waals surface area contributed by atoms with E-state index in [2.05, 4.69) is 21.6 Å². The van der Waals surface area contributed by atoms with Crippen LogP contribution in [0.15, 0.2) is 41.4 Å². The van der Waals surface area contributed by atoms with Gasteiger partial charge in [-0.2, -0.15) is 0 Å². The third kappa shape index (κ3) is 3.72. The van der Waals surface area contributed by atoms with Crippen molar-refractivity contribution in [2.75, 3.05) is 0 Å². The van der Waals surface area contributed by atoms with E-state index in [1.807, 2.05) is 36.6 Å². The third-order valence-electron chi connectivity index (χ3n) is 3.96. The minimum Gasteiger partial charge on any atom is -0.312 e. The summed E-state index contributed by atoms with van der Waals surface area (Å²) in [7, 11) is -3.60. The molecule has 0 unspecified atom stereocenters. The number of aromatic nitrogens is 3. The van der Waals surface area contributed by atoms with Crippen LogP contribution >= 0.6 is 0 Å². The van der Waals surface area contributed by atoms with Crippen molar-refractivity contribution in [3.8, 4) is 0 Å². The van der Waals surface area contributed by atoms with Crippen molar-refractivity contribution in [1.82, 2.24) is 19.3 Å². The monoisotopic (exact) mass is 358 g/mol. The number of imidazole rings is 1. The lowest BCUT2D eigenvalue weighted by molar-refractivity contribution is 0.573. The smallest absolute Gasteiger partial charge is 0.240 e. The van der Waals surface area contributed by atoms with Gasteiger partial charge in [0, 0.05) is 12.7 Å². The SMILES string of the molecule is CCCn1c(CNS(=O)(=O)c2cc(C)cc(C)c2)nc2cccnc21. The zero-order valence-corrected chi connectivity index (χ0v) is 15.5. The number of nitrogens with one attached hydrogen (secondary N) is 1. The summed E-state index contributed by atoms with van der Waals surface area (Å²) in [5.41, 5.74) is 3.40. The topological polar surface area (TPSA) is 76.9 Å². The fraction of sp³-hybridized carbons (Fsp3) is 0.333. The molecule has 2 heterocycles. The van der Waals surface area contributed by atoms with Crippen molar-refractivity contribution >= 4 is 21.2 Å². The maximum Gasteiger partial charge on any atom is 0.240 e. The van der Waals surface area contributed by atoms with Gasteiger partial charge in [-0.3, -0.25) is 0 Å². The molecule has 1 aromatic carbocycles. The number of fused-ring (bicyclic) bond motifs is 1. The number of hydrogen-bond acceptors (Lipinski definition) is 4. The van der Waals surface area contributed by atoms with Crippen LogP contribution in [0.2, 0.25) is 0 Å². The van der Waals surface area contributed by atoms with Crippen molar-refractivity contribution in [2.45, 2.75) is 45.2 Å². The summed E-state index contributed by atoms with van der Waals surface area (Å²) in [5.74, 6) is 0.670. The molecule has 0 aliphatic carbocycles. The minimum absolute atomic E-state index is 0.131. The van der Waals surface area contributed by atoms with Crippen LogP contribution in [0.1, 0.15) is 30.3 Å². The van der Waals surface area contributed by atoms with E-state index in [0.717, 1.165) is 35.3 Å². The van der Waals surface area contributed by atoms with Crippen molar-refractivity contribution in [1.29, 1.82) is 0 Å². The van der Waals surface area contributed by atoms with E-state index in [1.165, 1.54) is 0 Å². The summed E-state index contributed by atoms with van der Waals surface area (Å²) in [6, 6.07) is 9.01. The third-order valence-corrected chi connectivity index (χ3v) is 5.34. The van der Waals surface area contributed by atoms with Crippen molar-refractivity contribution in [2.24, 2.45) is 0 Å². The number of aryl methyl sites for hydroxylation is 3. The highest BCUT2D eigenvalue weighted by atomic mass is 32.2. The number of pyridine rings is 1. The lowest BCUT2D eigenvalue weighted by Gasteiger charge is -2.10. The van der Waals surface area contributed by atoms with Crippen LogP contribution in [-0.2, 0) is 23.1 Å². The molecule has 0 spiro atoms. The molecule has 1 N–H and O–H groups in total. The van der Waals surface area contributed by atoms with Crippen LogP contribution in [0.3, 0.4) is 0 Å². The fourth-order valence-electron chi connectivity index (χ4n) is 2.93. The second kappa shape index (κ2) is 6.93. The van der Waals surface area contributed by atoms with Crippen molar-refractivity contribution in [3.63, 3.8) is 0 Å². The van der Waals surface area contributed by atoms with E-state index in [-0.39, 0.29) is 11.4 Å². The molecule has 3 aromatic rings. The van der Waals surface area contributed by atoms with Crippen LogP contribution in [0, 0.1) is 13.8 Å². The summed E-state index contributed by atoms with van der Waals surface area (Å²) < 4.78 is 29.9. The molecule has 2 aromatic heterocycles. The second-order valence-corrected chi connectivity index (χ2v) is 7.94. The van der Waals surface area contributed by atoms with Crippen molar-refractivity contribution < 1.29 is 8.42 Å². The molecule has 6 nitrogen and oxygen atoms in total. The van der Waals surface area contributed by atoms with Gasteiger partial charge in [0.15, 0.2) is 5.65 Å². The van der Waals surface area contributed by atoms with Crippen LogP contribution in [-0.4, -0.2) is 23.0 Å². The maximum atomic E-state index is 12.6. The first-order valence-corrected chi connectivity index (χ1v) is 9.77. The molecule has 0 bridgehead atoms. The molecule has 0 saturated heterocycles. The van der Waals surface area contributed by atoms with Crippen LogP contribution in [0.4, 0.5) is 0 Å². The van der Waals surface area contributed by atoms with Crippen LogP contribution in [0.25, 0.3) is 11.2 Å². The summed E-state index contributed by atoms with van der Waals surface area (Å²) in [6.07, 6.45) is 2.64. The molecule has 0 radical (unpaired) electrons. The molecular formula is C18H22N4O2S. The summed E-state index contributed by atoms with van der Waals surface area (Å²) in [6.45, 7) is 6.72. The van der Waals surface area contributed by atoms with Gasteiger partial charge in [0.25, 0.3) is 0 Å². The van der Waals surface area contributed by atoms with Gasteiger partial charge in [-0.25, -0.2) is 23.1 Å². The molecular weight excluding hydrogens is 336 g/mol. The van der Waals surface area contributed by atoms with E-state index < -0.39 is 10.0 Å². The molecule has 0 saturated carbocycles. The Morgan fingerprint density at radius 1 is 1.16 bits per heavy atom. The molecule has 3 rings (SSSR count). The van der Waals surface area contributed by atoms with E-state index in [4.69, 9.17) is 0 Å². The van der Waals surface area contributed by atoms with Gasteiger partial charge in [0.2, 0.25) is 10.0 Å². The zero-order chi connectivity index (χ0) is 18.0. The number of hydrogen-bond donors (Lipinski definition) is 1. The Morgan fingerprint density at radius 3 is 2.56 bits per heavy atom. The lowest BCUT2D eigenvalue weighted by Crippen LogP contribution is -2.25. The van der Waals surface area contributed by atoms with Crippen molar-refractivity contribution in [3.05, 3.63) is 53.5 Å². The van der Waals surface area contributed by atoms with Gasteiger partial charge < -0.3 is 4.57 Å². The second-order valence-electron chi connectivity index (χ2n) is 6.17. The number of rotatable bonds is 6. The predicted octanol–water partition coefficient (Wildman–Crippen LogP) is 2.94. The van der Waals surface area contributed by atoms with E-state index in [1.54, 1.807) is 18.3 Å². The number of benzene rings is 1. The Labute approximate surface area is 148 Å². The average molecular weight is 358 g/mol. The average Bonchev–Trinajstić information content (AvgIpc) is 2.91. The van der Waals surface area contributed by atoms with Gasteiger partial charge in [0.05, 0.1) is 11.4 Å². The largest absolute Gasteiger partial charge is 0.312 e. The van der Waals surface area contributed by atoms with Gasteiger partial charge in [-0.05, 0) is 55.7 Å². The van der Waals surface area contributed by atoms with Crippen LogP contribution < -0.4 is 4.72 Å². The minimum atomic E-state index is -3.60. The Balaban J connectivity index is 1.90. The highest BCUT2D eigenvalue weighted by Crippen LogP contribution is 2.17. The number of sulfonamides is 1. The summed E-state index contributed by atoms with van der Waals surface area (Å²) in [4.78, 5) is 9.19. The zero-order valence-electron chi connectivity index (χ0n) is 14.7. The molecule has 25 heavy (non-hydrogen) atoms. The summed E-state index contributed by atoms with van der Waals surface area (Å²) in [5, 5.41) is 0. The highest BCUT2D eigenvalue weighted by Gasteiger charge is 2.17. The maximum absolute atomic E-state index is 12.6. The molecule has 0 atom stereocenters. The van der Waals surface area contributed by atoms with Gasteiger partial charge >= 0.3 is 0 Å². The fourth-order valence-corrected chi connectivity index (χ4v) is 4.10. The predicted molar refractivity (Wildman–Crippen MR) is 97.8 cm³/mol. The van der Waals surface area contributed by atoms with E-state index >= 15 is 0 Å². The molecule has 132 valence electrons. The molecule has 0 amide bonds. The van der Waals surface area contributed by atoms with Gasteiger partial charge in [0.1, 0.15) is 11.3 Å². The standard InChI is InChI=1S/C18H22N4O2S/c1-4-8-22-17(21-16-6-5-7-19-18(16)22)12-20-25(23,24)15-10-13(2)9-14(3)11-15/h5-7,9-11,20H,4,8,12H2,1-3H3. The quantitative estimate of drug-likeness (QED) is 0.735. The highest BCUT2D eigenvalue weighted by molar-refractivity contribution is 7.89. The molecule has 0 aliphatic rings. The first-order chi connectivity index (χ1) is 11.9. The Bertz CT molecular complexity index is 989. The number of nitrogens with zero attached hydrogens (tertiary/aromatic N) is 3. The van der Waals surface area contributed by atoms with E-state index in [0.29, 0.717) is 5.82 Å². The normalized spacial score (nSPS) is 12.0. The lowest BCUT2D eigenvalue weighted by atomic mass is 10.2. The molecule has 0 fully saturated rings. The summed E-state index contributed by atoms with van der Waals surface area (Å²) >= 11 is 0. The van der Waals surface area contributed by atoms with E-state index in [9.17, 15) is 8.42 Å². The first kappa shape index (κ1) is 17.6. The van der Waals surface area contributed by atoms with Gasteiger partial charge in [-0.15, -0.1) is 0 Å². The first-order valence-electron chi connectivity index (χ1n) is 8.29. The Morgan fingerprint density at radius 2 is 1.88 bits per heavy atom. The van der Waals surface area contributed by atoms with Gasteiger partial charge in [-0.1, -0.05) is 13.0 Å². The Hall–Kier alpha value is -2.25. The molecule has 7 heteroatoms.